The van der Waals surface area contributed by atoms with Gasteiger partial charge in [-0.1, -0.05) is 10.8 Å². The van der Waals surface area contributed by atoms with Crippen LogP contribution >= 0.6 is 0 Å². The Kier molecular flexibility index (Phi) is 2.48. The van der Waals surface area contributed by atoms with E-state index in [0.717, 1.165) is 21.7 Å². The summed E-state index contributed by atoms with van der Waals surface area (Å²) in [7, 11) is 2.01. The zero-order chi connectivity index (χ0) is 14.6. The van der Waals surface area contributed by atoms with E-state index in [1.165, 1.54) is 0 Å². The van der Waals surface area contributed by atoms with Crippen LogP contribution in [0.15, 0.2) is 35.0 Å². The van der Waals surface area contributed by atoms with Crippen molar-refractivity contribution >= 4 is 30.1 Å². The van der Waals surface area contributed by atoms with E-state index >= 15 is 0 Å². The number of hydrogen-bond acceptors (Lipinski definition) is 3. The Balaban J connectivity index is 1.98. The summed E-state index contributed by atoms with van der Waals surface area (Å²) in [5.74, 6) is 2.22. The van der Waals surface area contributed by atoms with Crippen LogP contribution in [0.2, 0.25) is 6.82 Å². The van der Waals surface area contributed by atoms with Crippen molar-refractivity contribution in [2.24, 2.45) is 7.05 Å². The van der Waals surface area contributed by atoms with Crippen LogP contribution in [0, 0.1) is 6.92 Å². The third-order valence-electron chi connectivity index (χ3n) is 3.92. The van der Waals surface area contributed by atoms with Crippen molar-refractivity contribution in [3.63, 3.8) is 0 Å². The van der Waals surface area contributed by atoms with Crippen LogP contribution in [-0.2, 0) is 7.05 Å². The fraction of sp³-hybridized carbons (Fsp3) is 0.200. The van der Waals surface area contributed by atoms with E-state index in [4.69, 9.17) is 4.42 Å². The Labute approximate surface area is 122 Å². The molecule has 0 spiro atoms. The minimum atomic E-state index is 0.234. The van der Waals surface area contributed by atoms with Gasteiger partial charge in [-0.05, 0) is 25.9 Å². The number of aryl methyl sites for hydroxylation is 2. The monoisotopic (exact) mass is 279 g/mol. The van der Waals surface area contributed by atoms with Gasteiger partial charge in [-0.2, -0.15) is 4.68 Å². The van der Waals surface area contributed by atoms with E-state index < -0.39 is 0 Å². The Morgan fingerprint density at radius 1 is 1.33 bits per heavy atom. The van der Waals surface area contributed by atoms with Crippen LogP contribution in [0.4, 0.5) is 0 Å². The third kappa shape index (κ3) is 1.79. The van der Waals surface area contributed by atoms with Gasteiger partial charge in [0.25, 0.3) is 0 Å². The molecule has 0 bridgehead atoms. The van der Waals surface area contributed by atoms with Gasteiger partial charge >= 0.3 is 6.85 Å². The summed E-state index contributed by atoms with van der Waals surface area (Å²) < 4.78 is 7.95. The zero-order valence-corrected chi connectivity index (χ0v) is 12.3. The summed E-state index contributed by atoms with van der Waals surface area (Å²) in [5, 5.41) is 2.21. The maximum absolute atomic E-state index is 5.93. The summed E-state index contributed by atoms with van der Waals surface area (Å²) in [6, 6.07) is 6.12. The smallest absolute Gasteiger partial charge is 0.425 e. The molecule has 3 aromatic heterocycles. The molecule has 4 rings (SSSR count). The minimum absolute atomic E-state index is 0.234. The second-order valence-corrected chi connectivity index (χ2v) is 5.49. The summed E-state index contributed by atoms with van der Waals surface area (Å²) in [6.45, 7) is 4.38. The van der Waals surface area contributed by atoms with Crippen LogP contribution in [-0.4, -0.2) is 16.6 Å². The molecule has 1 aliphatic rings. The van der Waals surface area contributed by atoms with E-state index in [-0.39, 0.29) is 6.85 Å². The fourth-order valence-electron chi connectivity index (χ4n) is 2.83. The predicted octanol–water partition coefficient (Wildman–Crippen LogP) is 0.0930. The highest BCUT2D eigenvalue weighted by atomic mass is 16.3. The molecule has 0 N–H and O–H groups in total. The van der Waals surface area contributed by atoms with Crippen molar-refractivity contribution in [1.82, 2.24) is 9.77 Å². The number of nitrogens with zero attached hydrogens (tertiary/aromatic N) is 4. The molecule has 0 amide bonds. The lowest BCUT2D eigenvalue weighted by molar-refractivity contribution is -0.750. The quantitative estimate of drug-likeness (QED) is 0.468. The van der Waals surface area contributed by atoms with Crippen LogP contribution in [0.5, 0.6) is 0 Å². The number of fused-ring (bicyclic) bond motifs is 3. The number of furan rings is 1. The molecule has 5 nitrogen and oxygen atoms in total. The lowest BCUT2D eigenvalue weighted by Crippen LogP contribution is -2.56. The number of pyridine rings is 1. The number of rotatable bonds is 1. The van der Waals surface area contributed by atoms with Crippen molar-refractivity contribution in [1.29, 1.82) is 0 Å². The van der Waals surface area contributed by atoms with Gasteiger partial charge in [-0.15, -0.1) is 0 Å². The Bertz CT molecular complexity index is 956. The molecule has 0 aromatic carbocycles. The fourth-order valence-corrected chi connectivity index (χ4v) is 2.83. The first kappa shape index (κ1) is 12.3. The van der Waals surface area contributed by atoms with Crippen LogP contribution in [0.3, 0.4) is 0 Å². The molecular formula is C15H16BN4O+. The molecule has 104 valence electrons. The van der Waals surface area contributed by atoms with E-state index in [9.17, 15) is 0 Å². The highest BCUT2D eigenvalue weighted by Gasteiger charge is 2.28. The molecular weight excluding hydrogens is 263 g/mol. The first-order chi connectivity index (χ1) is 10.1. The molecule has 6 heteroatoms. The molecule has 0 radical (unpaired) electrons. The third-order valence-corrected chi connectivity index (χ3v) is 3.92. The van der Waals surface area contributed by atoms with Crippen molar-refractivity contribution in [3.8, 4) is 0 Å². The summed E-state index contributed by atoms with van der Waals surface area (Å²) >= 11 is 0. The minimum Gasteiger partial charge on any atom is -0.434 e. The largest absolute Gasteiger partial charge is 0.434 e. The second-order valence-electron chi connectivity index (χ2n) is 5.49. The number of aromatic nitrogens is 3. The van der Waals surface area contributed by atoms with Crippen molar-refractivity contribution < 1.29 is 9.10 Å². The van der Waals surface area contributed by atoms with Gasteiger partial charge in [-0.3, -0.25) is 0 Å². The van der Waals surface area contributed by atoms with Gasteiger partial charge in [0.15, 0.2) is 5.42 Å². The zero-order valence-electron chi connectivity index (χ0n) is 12.3. The maximum Gasteiger partial charge on any atom is 0.425 e. The molecule has 0 saturated carbocycles. The van der Waals surface area contributed by atoms with E-state index in [2.05, 4.69) is 33.6 Å². The summed E-state index contributed by atoms with van der Waals surface area (Å²) in [6.07, 6.45) is 6.08. The topological polar surface area (TPSA) is 38.1 Å². The average molecular weight is 279 g/mol. The first-order valence-electron chi connectivity index (χ1n) is 7.05. The van der Waals surface area contributed by atoms with Gasteiger partial charge in [0.05, 0.1) is 6.20 Å². The van der Waals surface area contributed by atoms with Gasteiger partial charge < -0.3 is 4.42 Å². The summed E-state index contributed by atoms with van der Waals surface area (Å²) in [5.41, 5.74) is 2.53. The number of hydrogen-bond donors (Lipinski definition) is 0. The normalized spacial score (nSPS) is 14.0. The van der Waals surface area contributed by atoms with Gasteiger partial charge in [0.1, 0.15) is 19.4 Å². The molecule has 0 saturated heterocycles. The molecule has 3 aromatic rings. The van der Waals surface area contributed by atoms with E-state index in [1.807, 2.05) is 49.4 Å². The molecule has 0 unspecified atom stereocenters. The lowest BCUT2D eigenvalue weighted by Gasteiger charge is -2.18. The van der Waals surface area contributed by atoms with Gasteiger partial charge in [0, 0.05) is 22.4 Å². The molecule has 0 atom stereocenters. The standard InChI is InChI=1S/C15H16BN4O/c1-11-5-6-12-13-9-16(2)19(20-8-4-7-18(20)3)10-14(13)21-15(12)17-11/h4-10H,1-3H3/q+1. The summed E-state index contributed by atoms with van der Waals surface area (Å²) in [4.78, 5) is 8.66. The van der Waals surface area contributed by atoms with Crippen LogP contribution < -0.4 is 20.2 Å². The maximum atomic E-state index is 5.93. The lowest BCUT2D eigenvalue weighted by atomic mass is 9.63. The van der Waals surface area contributed by atoms with Crippen molar-refractivity contribution in [2.75, 3.05) is 4.92 Å². The Hall–Kier alpha value is -2.50. The molecule has 21 heavy (non-hydrogen) atoms. The Morgan fingerprint density at radius 2 is 2.19 bits per heavy atom. The van der Waals surface area contributed by atoms with Crippen LogP contribution in [0.1, 0.15) is 5.69 Å². The first-order valence-corrected chi connectivity index (χ1v) is 7.05. The molecule has 0 fully saturated rings. The van der Waals surface area contributed by atoms with Crippen molar-refractivity contribution in [3.05, 3.63) is 46.9 Å². The van der Waals surface area contributed by atoms with E-state index in [1.54, 1.807) is 0 Å². The highest BCUT2D eigenvalue weighted by Crippen LogP contribution is 2.09. The Morgan fingerprint density at radius 3 is 2.95 bits per heavy atom. The SMILES string of the molecule is CB1C=c2c(oc3nc(C)ccc23)=CN1n1ccc[n+]1C. The van der Waals surface area contributed by atoms with Crippen LogP contribution in [0.25, 0.3) is 23.3 Å². The molecule has 4 heterocycles. The van der Waals surface area contributed by atoms with Gasteiger partial charge in [-0.25, -0.2) is 9.90 Å². The predicted molar refractivity (Wildman–Crippen MR) is 82.4 cm³/mol. The molecule has 0 aliphatic carbocycles. The van der Waals surface area contributed by atoms with Crippen molar-refractivity contribution in [2.45, 2.75) is 13.7 Å². The second kappa shape index (κ2) is 4.25. The van der Waals surface area contributed by atoms with Gasteiger partial charge in [0.2, 0.25) is 5.71 Å². The highest BCUT2D eigenvalue weighted by molar-refractivity contribution is 6.75. The van der Waals surface area contributed by atoms with E-state index in [0.29, 0.717) is 5.71 Å². The average Bonchev–Trinajstić information content (AvgIpc) is 3.00. The molecule has 1 aliphatic heterocycles.